The Morgan fingerprint density at radius 1 is 0.424 bits per heavy atom. The van der Waals surface area contributed by atoms with Gasteiger partial charge in [-0.05, 0) is 138 Å². The monoisotopic (exact) mass is 1120 g/mol. The molecule has 2 heterocycles. The van der Waals surface area contributed by atoms with Crippen molar-refractivity contribution in [2.45, 2.75) is 58.8 Å². The quantitative estimate of drug-likeness (QED) is 0.0476. The zero-order chi connectivity index (χ0) is 60.5. The van der Waals surface area contributed by atoms with E-state index in [0.717, 1.165) is 78.9 Å². The van der Waals surface area contributed by atoms with Crippen molar-refractivity contribution < 1.29 is 48.6 Å². The molecule has 12 heteroatoms. The highest BCUT2D eigenvalue weighted by molar-refractivity contribution is 6.31. The van der Waals surface area contributed by atoms with Crippen molar-refractivity contribution in [2.24, 2.45) is 0 Å². The molecule has 0 saturated carbocycles. The molecule has 2 N–H and O–H groups in total. The van der Waals surface area contributed by atoms with Crippen molar-refractivity contribution in [1.82, 2.24) is 0 Å². The summed E-state index contributed by atoms with van der Waals surface area (Å²) in [6.45, 7) is 8.17. The molecule has 0 saturated heterocycles. The van der Waals surface area contributed by atoms with Gasteiger partial charge in [-0.2, -0.15) is 0 Å². The van der Waals surface area contributed by atoms with Crippen molar-refractivity contribution in [1.29, 1.82) is 0 Å². The molecule has 0 aliphatic carbocycles. The Morgan fingerprint density at radius 2 is 0.718 bits per heavy atom. The van der Waals surface area contributed by atoms with Crippen LogP contribution in [0.3, 0.4) is 0 Å². The van der Waals surface area contributed by atoms with E-state index in [-0.39, 0.29) is 65.1 Å². The molecule has 0 spiro atoms. The van der Waals surface area contributed by atoms with E-state index >= 15 is 0 Å². The van der Waals surface area contributed by atoms with Crippen LogP contribution in [-0.2, 0) is 56.6 Å². The summed E-state index contributed by atoms with van der Waals surface area (Å²) >= 11 is 0. The van der Waals surface area contributed by atoms with Gasteiger partial charge in [0.05, 0.1) is 11.4 Å². The lowest BCUT2D eigenvalue weighted by Crippen LogP contribution is -2.31. The minimum Gasteiger partial charge on any atom is -0.478 e. The van der Waals surface area contributed by atoms with Crippen molar-refractivity contribution in [3.63, 3.8) is 0 Å². The summed E-state index contributed by atoms with van der Waals surface area (Å²) in [4.78, 5) is 99.2. The summed E-state index contributed by atoms with van der Waals surface area (Å²) in [5.74, 6) is -4.27. The van der Waals surface area contributed by atoms with E-state index in [1.807, 2.05) is 109 Å². The van der Waals surface area contributed by atoms with Crippen molar-refractivity contribution >= 4 is 58.5 Å². The fourth-order valence-corrected chi connectivity index (χ4v) is 10.5. The van der Waals surface area contributed by atoms with Crippen LogP contribution in [0.1, 0.15) is 85.0 Å². The first kappa shape index (κ1) is 58.9. The molecule has 0 atom stereocenters. The van der Waals surface area contributed by atoms with E-state index in [0.29, 0.717) is 22.5 Å². The summed E-state index contributed by atoms with van der Waals surface area (Å²) in [6.07, 6.45) is 5.20. The molecule has 4 amide bonds. The highest BCUT2D eigenvalue weighted by atomic mass is 16.4. The lowest BCUT2D eigenvalue weighted by atomic mass is 9.71. The Hall–Kier alpha value is -10.7. The van der Waals surface area contributed by atoms with Gasteiger partial charge in [0, 0.05) is 58.6 Å². The van der Waals surface area contributed by atoms with Gasteiger partial charge in [-0.3, -0.25) is 28.8 Å². The maximum absolute atomic E-state index is 12.6. The SMILES string of the molecule is C/C(=C\C(=O)Cc1ccc(C(c2ccc(CC(=O)/C=C(\C)C(=O)O)cc2)c2ccc(-c3ccccc3)cc2)cc1)C(=O)O.CC1=CC(=O)N(c2ccc(C(C)(c3ccc(-c4ccccc4)cc3)c3ccc(N4C(=O)C=C(C)C4=O)cc3)cc2)C1=O. The lowest BCUT2D eigenvalue weighted by Gasteiger charge is -2.33. The van der Waals surface area contributed by atoms with Crippen LogP contribution in [0, 0.1) is 0 Å². The highest BCUT2D eigenvalue weighted by Gasteiger charge is 2.35. The number of benzene rings is 8. The summed E-state index contributed by atoms with van der Waals surface area (Å²) < 4.78 is 0. The molecule has 0 bridgehead atoms. The number of amides is 4. The topological polar surface area (TPSA) is 184 Å². The number of hydrogen-bond acceptors (Lipinski definition) is 8. The van der Waals surface area contributed by atoms with Crippen molar-refractivity contribution in [2.75, 3.05) is 9.80 Å². The van der Waals surface area contributed by atoms with Gasteiger partial charge in [-0.25, -0.2) is 19.4 Å². The average molecular weight is 1130 g/mol. The van der Waals surface area contributed by atoms with Crippen molar-refractivity contribution in [3.8, 4) is 22.3 Å². The molecule has 8 aromatic carbocycles. The molecule has 0 fully saturated rings. The number of aliphatic carboxylic acids is 2. The van der Waals surface area contributed by atoms with E-state index < -0.39 is 17.4 Å². The summed E-state index contributed by atoms with van der Waals surface area (Å²) in [7, 11) is 0. The molecular formula is C73H60N2O10. The van der Waals surface area contributed by atoms with Crippen LogP contribution in [-0.4, -0.2) is 57.3 Å². The Kier molecular flexibility index (Phi) is 17.7. The summed E-state index contributed by atoms with van der Waals surface area (Å²) in [5, 5.41) is 18.1. The third-order valence-electron chi connectivity index (χ3n) is 15.3. The number of nitrogens with zero attached hydrogens (tertiary/aromatic N) is 2. The van der Waals surface area contributed by atoms with E-state index in [9.17, 15) is 38.4 Å². The number of carboxylic acid groups (broad SMARTS) is 2. The fourth-order valence-electron chi connectivity index (χ4n) is 10.5. The van der Waals surface area contributed by atoms with Gasteiger partial charge in [0.15, 0.2) is 11.6 Å². The maximum Gasteiger partial charge on any atom is 0.331 e. The molecule has 85 heavy (non-hydrogen) atoms. The van der Waals surface area contributed by atoms with Gasteiger partial charge in [0.2, 0.25) is 0 Å². The smallest absolute Gasteiger partial charge is 0.331 e. The molecular weight excluding hydrogens is 1060 g/mol. The second-order valence-corrected chi connectivity index (χ2v) is 21.2. The Balaban J connectivity index is 0.000000204. The zero-order valence-electron chi connectivity index (χ0n) is 47.5. The van der Waals surface area contributed by atoms with E-state index in [4.69, 9.17) is 10.2 Å². The third kappa shape index (κ3) is 13.3. The van der Waals surface area contributed by atoms with Crippen LogP contribution < -0.4 is 9.80 Å². The van der Waals surface area contributed by atoms with Crippen LogP contribution in [0.15, 0.2) is 253 Å². The predicted molar refractivity (Wildman–Crippen MR) is 329 cm³/mol. The van der Waals surface area contributed by atoms with E-state index in [1.165, 1.54) is 35.8 Å². The second kappa shape index (κ2) is 25.6. The van der Waals surface area contributed by atoms with Gasteiger partial charge in [-0.15, -0.1) is 0 Å². The largest absolute Gasteiger partial charge is 0.478 e. The van der Waals surface area contributed by atoms with Gasteiger partial charge < -0.3 is 10.2 Å². The molecule has 422 valence electrons. The standard InChI is InChI=1S/C37H32O6.C36H28N2O4/c1-24(36(40)41)20-33(38)22-26-8-12-30(13-9-26)35(32-18-16-29(17-19-32)28-6-4-3-5-7-28)31-14-10-27(11-15-31)23-34(39)21-25(2)37(42)43;1-23-21-32(39)37(34(23)41)30-17-13-28(14-18-30)36(3,27-11-9-26(10-12-27)25-7-5-4-6-8-25)29-15-19-31(20-16-29)38-33(40)22-24(2)35(38)42/h3-21,35H,22-23H2,1-2H3,(H,40,41)(H,42,43);4-22H,1-3H3/b24-20+,25-21+;. The molecule has 2 aliphatic heterocycles. The average Bonchev–Trinajstić information content (AvgIpc) is 2.45. The molecule has 0 radical (unpaired) electrons. The minimum absolute atomic E-state index is 0.00109. The molecule has 12 nitrogen and oxygen atoms in total. The summed E-state index contributed by atoms with van der Waals surface area (Å²) in [6, 6.07) is 67.4. The maximum atomic E-state index is 12.6. The van der Waals surface area contributed by atoms with Gasteiger partial charge >= 0.3 is 11.9 Å². The molecule has 0 unspecified atom stereocenters. The first-order valence-corrected chi connectivity index (χ1v) is 27.5. The van der Waals surface area contributed by atoms with Crippen molar-refractivity contribution in [3.05, 3.63) is 297 Å². The number of carboxylic acids is 2. The number of carbonyl (C=O) groups excluding carboxylic acids is 6. The number of imide groups is 2. The summed E-state index contributed by atoms with van der Waals surface area (Å²) in [5.41, 5.74) is 13.2. The van der Waals surface area contributed by atoms with Gasteiger partial charge in [-0.1, -0.05) is 182 Å². The van der Waals surface area contributed by atoms with Crippen LogP contribution in [0.5, 0.6) is 0 Å². The second-order valence-electron chi connectivity index (χ2n) is 21.2. The molecule has 10 rings (SSSR count). The fraction of sp³-hybridized carbons (Fsp3) is 0.123. The van der Waals surface area contributed by atoms with Crippen LogP contribution in [0.4, 0.5) is 11.4 Å². The number of carbonyl (C=O) groups is 8. The molecule has 8 aromatic rings. The van der Waals surface area contributed by atoms with E-state index in [1.54, 1.807) is 38.1 Å². The molecule has 0 aromatic heterocycles. The first-order chi connectivity index (χ1) is 40.8. The zero-order valence-corrected chi connectivity index (χ0v) is 47.5. The highest BCUT2D eigenvalue weighted by Crippen LogP contribution is 2.42. The minimum atomic E-state index is -1.12. The van der Waals surface area contributed by atoms with Crippen LogP contribution in [0.25, 0.3) is 22.3 Å². The van der Waals surface area contributed by atoms with Crippen LogP contribution >= 0.6 is 0 Å². The first-order valence-electron chi connectivity index (χ1n) is 27.5. The third-order valence-corrected chi connectivity index (χ3v) is 15.3. The Morgan fingerprint density at radius 3 is 1.02 bits per heavy atom. The number of hydrogen-bond donors (Lipinski definition) is 2. The van der Waals surface area contributed by atoms with Gasteiger partial charge in [0.1, 0.15) is 0 Å². The predicted octanol–water partition coefficient (Wildman–Crippen LogP) is 13.2. The number of rotatable bonds is 18. The molecule has 2 aliphatic rings. The number of ketones is 2. The number of anilines is 2. The number of allylic oxidation sites excluding steroid dienone is 2. The Bertz CT molecular complexity index is 3830. The van der Waals surface area contributed by atoms with Gasteiger partial charge in [0.25, 0.3) is 23.6 Å². The lowest BCUT2D eigenvalue weighted by molar-refractivity contribution is -0.133. The Labute approximate surface area is 493 Å². The van der Waals surface area contributed by atoms with Crippen LogP contribution in [0.2, 0.25) is 0 Å². The van der Waals surface area contributed by atoms with E-state index in [2.05, 4.69) is 79.7 Å². The normalized spacial score (nSPS) is 13.6.